The summed E-state index contributed by atoms with van der Waals surface area (Å²) in [5.41, 5.74) is 9.12. The van der Waals surface area contributed by atoms with E-state index in [1.807, 2.05) is 48.6 Å². The van der Waals surface area contributed by atoms with Crippen molar-refractivity contribution in [1.82, 2.24) is 19.9 Å². The van der Waals surface area contributed by atoms with Crippen molar-refractivity contribution >= 4 is 70.2 Å². The molecule has 12 nitrogen and oxygen atoms in total. The van der Waals surface area contributed by atoms with Gasteiger partial charge in [0.1, 0.15) is 0 Å². The van der Waals surface area contributed by atoms with Crippen LogP contribution in [0.15, 0.2) is 115 Å². The van der Waals surface area contributed by atoms with E-state index in [2.05, 4.69) is 6.07 Å². The number of carboxylic acid groups (broad SMARTS) is 4. The second-order valence-corrected chi connectivity index (χ2v) is 13.8. The van der Waals surface area contributed by atoms with Gasteiger partial charge in [-0.15, -0.1) is 22.1 Å². The number of fused-ring (bicyclic) bond motifs is 8. The topological polar surface area (TPSA) is 203 Å². The first-order valence-corrected chi connectivity index (χ1v) is 18.3. The molecule has 0 unspecified atom stereocenters. The van der Waals surface area contributed by atoms with Crippen molar-refractivity contribution < 1.29 is 56.7 Å². The molecular weight excluding hydrogens is 824 g/mol. The van der Waals surface area contributed by atoms with Crippen LogP contribution in [0.1, 0.15) is 64.2 Å². The second kappa shape index (κ2) is 15.9. The van der Waals surface area contributed by atoms with Crippen molar-refractivity contribution in [1.29, 1.82) is 0 Å². The Balaban J connectivity index is 0.00000514. The molecular formula is C48H27CuN4O8. The number of carboxylic acids is 4. The van der Waals surface area contributed by atoms with Crippen LogP contribution in [0.4, 0.5) is 0 Å². The normalized spacial score (nSPS) is 11.5. The van der Waals surface area contributed by atoms with Gasteiger partial charge in [-0.3, -0.25) is 0 Å². The molecule has 3 aromatic heterocycles. The zero-order valence-corrected chi connectivity index (χ0v) is 32.2. The largest absolute Gasteiger partial charge is 2.00 e. The number of rotatable bonds is 8. The zero-order valence-electron chi connectivity index (χ0n) is 31.3. The third-order valence-corrected chi connectivity index (χ3v) is 10.2. The summed E-state index contributed by atoms with van der Waals surface area (Å²) in [5, 5.41) is 38.6. The Morgan fingerprint density at radius 3 is 0.984 bits per heavy atom. The summed E-state index contributed by atoms with van der Waals surface area (Å²) in [6, 6.07) is 34.1. The van der Waals surface area contributed by atoms with Gasteiger partial charge in [-0.1, -0.05) is 66.7 Å². The van der Waals surface area contributed by atoms with E-state index in [1.165, 1.54) is 48.5 Å². The third-order valence-electron chi connectivity index (χ3n) is 10.2. The van der Waals surface area contributed by atoms with Crippen LogP contribution in [0.3, 0.4) is 0 Å². The second-order valence-electron chi connectivity index (χ2n) is 13.8. The van der Waals surface area contributed by atoms with E-state index < -0.39 is 23.9 Å². The quantitative estimate of drug-likeness (QED) is 0.106. The molecule has 9 rings (SSSR count). The summed E-state index contributed by atoms with van der Waals surface area (Å²) in [6.45, 7) is 0. The van der Waals surface area contributed by atoms with E-state index >= 15 is 0 Å². The summed E-state index contributed by atoms with van der Waals surface area (Å²) in [4.78, 5) is 67.7. The van der Waals surface area contributed by atoms with Crippen molar-refractivity contribution in [2.45, 2.75) is 0 Å². The molecule has 0 aliphatic carbocycles. The number of carbonyl (C=O) groups is 4. The van der Waals surface area contributed by atoms with Crippen molar-refractivity contribution in [3.8, 4) is 44.5 Å². The molecule has 2 aliphatic heterocycles. The summed E-state index contributed by atoms with van der Waals surface area (Å²) >= 11 is 0. The van der Waals surface area contributed by atoms with Gasteiger partial charge in [0.15, 0.2) is 0 Å². The molecule has 4 N–H and O–H groups in total. The molecule has 0 amide bonds. The summed E-state index contributed by atoms with van der Waals surface area (Å²) in [5.74, 6) is -4.34. The van der Waals surface area contributed by atoms with Gasteiger partial charge in [0.25, 0.3) is 0 Å². The Labute approximate surface area is 356 Å². The molecule has 61 heavy (non-hydrogen) atoms. The smallest absolute Gasteiger partial charge is 0.657 e. The maximum absolute atomic E-state index is 11.8. The van der Waals surface area contributed by atoms with Gasteiger partial charge in [0, 0.05) is 0 Å². The molecule has 0 saturated carbocycles. The average Bonchev–Trinajstić information content (AvgIpc) is 4.10. The van der Waals surface area contributed by atoms with Gasteiger partial charge in [-0.2, -0.15) is 0 Å². The van der Waals surface area contributed by atoms with Crippen LogP contribution in [0, 0.1) is 6.07 Å². The molecule has 0 atom stereocenters. The summed E-state index contributed by atoms with van der Waals surface area (Å²) < 4.78 is 0. The molecule has 298 valence electrons. The van der Waals surface area contributed by atoms with Gasteiger partial charge >= 0.3 is 40.9 Å². The van der Waals surface area contributed by atoms with Crippen LogP contribution < -0.4 is 9.97 Å². The molecule has 4 aromatic carbocycles. The Morgan fingerprint density at radius 2 is 0.689 bits per heavy atom. The van der Waals surface area contributed by atoms with Gasteiger partial charge in [-0.05, 0) is 123 Å². The minimum absolute atomic E-state index is 0. The summed E-state index contributed by atoms with van der Waals surface area (Å²) in [6.07, 6.45) is 7.28. The van der Waals surface area contributed by atoms with E-state index in [0.29, 0.717) is 89.4 Å². The minimum Gasteiger partial charge on any atom is -0.657 e. The fraction of sp³-hybridized carbons (Fsp3) is 0. The molecule has 5 heterocycles. The van der Waals surface area contributed by atoms with Crippen LogP contribution in [0.2, 0.25) is 0 Å². The molecule has 2 aliphatic rings. The molecule has 13 heteroatoms. The van der Waals surface area contributed by atoms with Gasteiger partial charge < -0.3 is 30.4 Å². The first-order chi connectivity index (χ1) is 29.0. The van der Waals surface area contributed by atoms with Gasteiger partial charge in [0.2, 0.25) is 0 Å². The average molecular weight is 851 g/mol. The van der Waals surface area contributed by atoms with E-state index in [0.717, 1.165) is 0 Å². The van der Waals surface area contributed by atoms with Crippen molar-refractivity contribution in [3.63, 3.8) is 0 Å². The summed E-state index contributed by atoms with van der Waals surface area (Å²) in [7, 11) is 0. The standard InChI is InChI=1S/C48H29N4O8.Cu/c53-45(54)29-9-1-25(2-10-29)41-33-17-19-35(49-33)42(26-3-11-30(12-4-26)46(55)56)37-21-23-39(51-37)44(28-7-15-32(16-8-28)48(59)60)40-24-22-38(52-40)43(36-20-18-34(41)50-36)27-5-13-31(14-6-27)47(57)58;/h1-7,9-24H,(H6,49,50,51,52,53,54,55,56,57,58,59,60);/q;+2/p-2. The van der Waals surface area contributed by atoms with E-state index in [4.69, 9.17) is 19.9 Å². The van der Waals surface area contributed by atoms with Crippen LogP contribution in [-0.2, 0) is 17.1 Å². The predicted octanol–water partition coefficient (Wildman–Crippen LogP) is 9.17. The molecule has 0 saturated heterocycles. The molecule has 2 radical (unpaired) electrons. The Bertz CT molecular complexity index is 2760. The van der Waals surface area contributed by atoms with Crippen LogP contribution in [-0.4, -0.2) is 54.3 Å². The Hall–Kier alpha value is -8.12. The fourth-order valence-corrected chi connectivity index (χ4v) is 7.30. The number of benzene rings is 4. The van der Waals surface area contributed by atoms with Crippen molar-refractivity contribution in [2.75, 3.05) is 0 Å². The zero-order chi connectivity index (χ0) is 41.7. The van der Waals surface area contributed by atoms with Crippen LogP contribution in [0.25, 0.3) is 90.9 Å². The first-order valence-electron chi connectivity index (χ1n) is 18.3. The fourth-order valence-electron chi connectivity index (χ4n) is 7.30. The maximum Gasteiger partial charge on any atom is 2.00 e. The molecule has 0 fully saturated rings. The third kappa shape index (κ3) is 7.42. The number of hydrogen-bond donors (Lipinski definition) is 4. The SMILES string of the molecule is O=C(O)c1c[c]c(-c2c3nc(c(-c4ccc(C(=O)O)cc4)c4ccc([n-]4)c(-c4ccc(C(=O)O)cc4)c4nc(c(-c5ccc(C(=O)O)cc5)c5ccc2[n-]5)C=C4)C=C3)cc1.[Cu+2]. The predicted molar refractivity (Wildman–Crippen MR) is 225 cm³/mol. The van der Waals surface area contributed by atoms with E-state index in [9.17, 15) is 39.6 Å². The molecule has 8 bridgehead atoms. The number of aromatic carboxylic acids is 4. The van der Waals surface area contributed by atoms with Gasteiger partial charge in [-0.25, -0.2) is 29.1 Å². The maximum atomic E-state index is 11.8. The monoisotopic (exact) mass is 850 g/mol. The van der Waals surface area contributed by atoms with Crippen molar-refractivity contribution in [2.24, 2.45) is 0 Å². The van der Waals surface area contributed by atoms with Crippen molar-refractivity contribution in [3.05, 3.63) is 166 Å². The van der Waals surface area contributed by atoms with Crippen LogP contribution in [0.5, 0.6) is 0 Å². The molecule has 7 aromatic rings. The Kier molecular flexibility index (Phi) is 10.4. The van der Waals surface area contributed by atoms with Crippen LogP contribution >= 0.6 is 0 Å². The Morgan fingerprint density at radius 1 is 0.393 bits per heavy atom. The number of hydrogen-bond acceptors (Lipinski definition) is 6. The minimum atomic E-state index is -1.11. The number of nitrogens with zero attached hydrogens (tertiary/aromatic N) is 4. The molecule has 0 spiro atoms. The van der Waals surface area contributed by atoms with E-state index in [-0.39, 0.29) is 39.3 Å². The van der Waals surface area contributed by atoms with Gasteiger partial charge in [0.05, 0.1) is 45.0 Å². The van der Waals surface area contributed by atoms with E-state index in [1.54, 1.807) is 42.5 Å². The number of aromatic nitrogens is 4. The first kappa shape index (κ1) is 39.7.